The Bertz CT molecular complexity index is 495. The molecule has 0 aromatic heterocycles. The van der Waals surface area contributed by atoms with Gasteiger partial charge in [0.15, 0.2) is 0 Å². The molecule has 0 spiro atoms. The number of nitrogens with zero attached hydrogens (tertiary/aromatic N) is 1. The summed E-state index contributed by atoms with van der Waals surface area (Å²) in [4.78, 5) is 14.4. The Morgan fingerprint density at radius 1 is 1.26 bits per heavy atom. The summed E-state index contributed by atoms with van der Waals surface area (Å²) in [6.45, 7) is 8.72. The highest BCUT2D eigenvalue weighted by Crippen LogP contribution is 2.32. The van der Waals surface area contributed by atoms with E-state index < -0.39 is 5.54 Å². The maximum absolute atomic E-state index is 12.3. The van der Waals surface area contributed by atoms with Gasteiger partial charge in [-0.25, -0.2) is 0 Å². The van der Waals surface area contributed by atoms with Gasteiger partial charge in [0.2, 0.25) is 5.91 Å². The molecule has 1 amide bonds. The average Bonchev–Trinajstić information content (AvgIpc) is 2.34. The van der Waals surface area contributed by atoms with E-state index in [1.54, 1.807) is 7.11 Å². The van der Waals surface area contributed by atoms with E-state index in [1.807, 2.05) is 52.0 Å². The van der Waals surface area contributed by atoms with Crippen LogP contribution in [0.4, 0.5) is 5.69 Å². The lowest BCUT2D eigenvalue weighted by atomic mass is 9.90. The van der Waals surface area contributed by atoms with Crippen molar-refractivity contribution in [3.05, 3.63) is 24.3 Å². The lowest BCUT2D eigenvalue weighted by Gasteiger charge is -2.49. The minimum absolute atomic E-state index is 0.0477. The third kappa shape index (κ3) is 2.53. The van der Waals surface area contributed by atoms with Gasteiger partial charge in [-0.1, -0.05) is 6.07 Å². The van der Waals surface area contributed by atoms with Crippen LogP contribution in [0.5, 0.6) is 5.75 Å². The molecule has 1 aliphatic rings. The van der Waals surface area contributed by atoms with Gasteiger partial charge in [-0.3, -0.25) is 4.79 Å². The third-order valence-electron chi connectivity index (χ3n) is 3.60. The van der Waals surface area contributed by atoms with Crippen LogP contribution in [-0.4, -0.2) is 30.6 Å². The standard InChI is InChI=1S/C15H22N2O2/c1-14(2)10-17(15(3,4)13(18)16-14)11-7-6-8-12(9-11)19-5/h6-9H,10H2,1-5H3,(H,16,18). The number of hydrogen-bond donors (Lipinski definition) is 1. The molecule has 1 aliphatic heterocycles. The smallest absolute Gasteiger partial charge is 0.245 e. The number of nitrogens with one attached hydrogen (secondary N) is 1. The van der Waals surface area contributed by atoms with Gasteiger partial charge < -0.3 is 15.0 Å². The molecule has 19 heavy (non-hydrogen) atoms. The second kappa shape index (κ2) is 4.44. The van der Waals surface area contributed by atoms with Gasteiger partial charge in [-0.2, -0.15) is 0 Å². The van der Waals surface area contributed by atoms with Crippen LogP contribution >= 0.6 is 0 Å². The Balaban J connectivity index is 2.42. The zero-order chi connectivity index (χ0) is 14.3. The molecule has 1 N–H and O–H groups in total. The van der Waals surface area contributed by atoms with Crippen molar-refractivity contribution in [2.45, 2.75) is 38.8 Å². The van der Waals surface area contributed by atoms with Crippen molar-refractivity contribution < 1.29 is 9.53 Å². The summed E-state index contributed by atoms with van der Waals surface area (Å²) in [5.74, 6) is 0.851. The summed E-state index contributed by atoms with van der Waals surface area (Å²) < 4.78 is 5.27. The molecule has 0 saturated carbocycles. The van der Waals surface area contributed by atoms with Crippen LogP contribution in [0, 0.1) is 0 Å². The summed E-state index contributed by atoms with van der Waals surface area (Å²) in [7, 11) is 1.65. The van der Waals surface area contributed by atoms with Crippen molar-refractivity contribution >= 4 is 11.6 Å². The molecule has 1 heterocycles. The minimum atomic E-state index is -0.568. The number of hydrogen-bond acceptors (Lipinski definition) is 3. The van der Waals surface area contributed by atoms with Crippen LogP contribution in [0.2, 0.25) is 0 Å². The number of carbonyl (C=O) groups excluding carboxylic acids is 1. The molecule has 2 rings (SSSR count). The molecular formula is C15H22N2O2. The van der Waals surface area contributed by atoms with E-state index >= 15 is 0 Å². The van der Waals surface area contributed by atoms with Gasteiger partial charge in [0.05, 0.1) is 12.6 Å². The Morgan fingerprint density at radius 2 is 1.95 bits per heavy atom. The molecule has 0 bridgehead atoms. The molecule has 0 radical (unpaired) electrons. The fraction of sp³-hybridized carbons (Fsp3) is 0.533. The van der Waals surface area contributed by atoms with Crippen molar-refractivity contribution in [3.63, 3.8) is 0 Å². The number of piperazine rings is 1. The predicted molar refractivity (Wildman–Crippen MR) is 76.6 cm³/mol. The number of rotatable bonds is 2. The number of benzene rings is 1. The summed E-state index contributed by atoms with van der Waals surface area (Å²) in [5, 5.41) is 3.06. The molecular weight excluding hydrogens is 240 g/mol. The summed E-state index contributed by atoms with van der Waals surface area (Å²) >= 11 is 0. The van der Waals surface area contributed by atoms with Crippen LogP contribution in [-0.2, 0) is 4.79 Å². The number of ether oxygens (including phenoxy) is 1. The summed E-state index contributed by atoms with van der Waals surface area (Å²) in [6, 6.07) is 7.84. The second-order valence-corrected chi connectivity index (χ2v) is 6.18. The minimum Gasteiger partial charge on any atom is -0.497 e. The largest absolute Gasteiger partial charge is 0.497 e. The first kappa shape index (κ1) is 13.7. The zero-order valence-corrected chi connectivity index (χ0v) is 12.3. The van der Waals surface area contributed by atoms with E-state index in [0.717, 1.165) is 18.0 Å². The summed E-state index contributed by atoms with van der Waals surface area (Å²) in [5.41, 5.74) is 0.199. The first-order valence-corrected chi connectivity index (χ1v) is 6.50. The lowest BCUT2D eigenvalue weighted by Crippen LogP contribution is -2.69. The third-order valence-corrected chi connectivity index (χ3v) is 3.60. The fourth-order valence-electron chi connectivity index (χ4n) is 2.41. The zero-order valence-electron chi connectivity index (χ0n) is 12.3. The summed E-state index contributed by atoms with van der Waals surface area (Å²) in [6.07, 6.45) is 0. The Labute approximate surface area is 114 Å². The van der Waals surface area contributed by atoms with Gasteiger partial charge in [0.25, 0.3) is 0 Å². The van der Waals surface area contributed by atoms with Crippen LogP contribution in [0.25, 0.3) is 0 Å². The van der Waals surface area contributed by atoms with Crippen LogP contribution < -0.4 is 15.0 Å². The van der Waals surface area contributed by atoms with Gasteiger partial charge >= 0.3 is 0 Å². The highest BCUT2D eigenvalue weighted by atomic mass is 16.5. The molecule has 0 atom stereocenters. The molecule has 1 aromatic rings. The lowest BCUT2D eigenvalue weighted by molar-refractivity contribution is -0.128. The predicted octanol–water partition coefficient (Wildman–Crippen LogP) is 2.19. The quantitative estimate of drug-likeness (QED) is 0.888. The van der Waals surface area contributed by atoms with Crippen LogP contribution in [0.3, 0.4) is 0 Å². The van der Waals surface area contributed by atoms with Gasteiger partial charge in [-0.05, 0) is 39.8 Å². The van der Waals surface area contributed by atoms with E-state index in [2.05, 4.69) is 10.2 Å². The Kier molecular flexibility index (Phi) is 3.20. The SMILES string of the molecule is COc1cccc(N2CC(C)(C)NC(=O)C2(C)C)c1. The highest BCUT2D eigenvalue weighted by molar-refractivity contribution is 5.91. The molecule has 0 unspecified atom stereocenters. The number of anilines is 1. The second-order valence-electron chi connectivity index (χ2n) is 6.18. The fourth-order valence-corrected chi connectivity index (χ4v) is 2.41. The van der Waals surface area contributed by atoms with E-state index in [0.29, 0.717) is 0 Å². The molecule has 4 nitrogen and oxygen atoms in total. The van der Waals surface area contributed by atoms with E-state index in [-0.39, 0.29) is 11.4 Å². The molecule has 1 fully saturated rings. The molecule has 1 aromatic carbocycles. The van der Waals surface area contributed by atoms with Crippen molar-refractivity contribution in [3.8, 4) is 5.75 Å². The monoisotopic (exact) mass is 262 g/mol. The van der Waals surface area contributed by atoms with Gasteiger partial charge in [0, 0.05) is 18.3 Å². The van der Waals surface area contributed by atoms with E-state index in [1.165, 1.54) is 0 Å². The van der Waals surface area contributed by atoms with E-state index in [9.17, 15) is 4.79 Å². The van der Waals surface area contributed by atoms with Gasteiger partial charge in [0.1, 0.15) is 11.3 Å². The maximum atomic E-state index is 12.3. The topological polar surface area (TPSA) is 41.6 Å². The molecule has 0 aliphatic carbocycles. The Hall–Kier alpha value is -1.71. The van der Waals surface area contributed by atoms with Crippen LogP contribution in [0.15, 0.2) is 24.3 Å². The van der Waals surface area contributed by atoms with Crippen molar-refractivity contribution in [2.75, 3.05) is 18.6 Å². The van der Waals surface area contributed by atoms with Crippen molar-refractivity contribution in [1.29, 1.82) is 0 Å². The molecule has 104 valence electrons. The number of methoxy groups -OCH3 is 1. The van der Waals surface area contributed by atoms with Crippen LogP contribution in [0.1, 0.15) is 27.7 Å². The number of amides is 1. The maximum Gasteiger partial charge on any atom is 0.245 e. The highest BCUT2D eigenvalue weighted by Gasteiger charge is 2.44. The first-order valence-electron chi connectivity index (χ1n) is 6.50. The van der Waals surface area contributed by atoms with E-state index in [4.69, 9.17) is 4.74 Å². The Morgan fingerprint density at radius 3 is 2.58 bits per heavy atom. The number of carbonyl (C=O) groups is 1. The molecule has 4 heteroatoms. The average molecular weight is 262 g/mol. The normalized spacial score (nSPS) is 20.9. The molecule has 1 saturated heterocycles. The van der Waals surface area contributed by atoms with Crippen molar-refractivity contribution in [1.82, 2.24) is 5.32 Å². The van der Waals surface area contributed by atoms with Crippen molar-refractivity contribution in [2.24, 2.45) is 0 Å². The van der Waals surface area contributed by atoms with Gasteiger partial charge in [-0.15, -0.1) is 0 Å². The first-order chi connectivity index (χ1) is 8.76.